The normalized spacial score (nSPS) is 14.4. The van der Waals surface area contributed by atoms with E-state index in [1.807, 2.05) is 24.3 Å². The van der Waals surface area contributed by atoms with E-state index < -0.39 is 0 Å². The quantitative estimate of drug-likeness (QED) is 0.637. The molecule has 1 aromatic heterocycles. The van der Waals surface area contributed by atoms with E-state index in [-0.39, 0.29) is 17.8 Å². The molecule has 1 fully saturated rings. The van der Waals surface area contributed by atoms with Crippen LogP contribution in [0.2, 0.25) is 0 Å². The van der Waals surface area contributed by atoms with Gasteiger partial charge in [0.25, 0.3) is 5.91 Å². The zero-order valence-electron chi connectivity index (χ0n) is 16.1. The second kappa shape index (κ2) is 8.82. The van der Waals surface area contributed by atoms with Crippen LogP contribution in [-0.4, -0.2) is 21.9 Å². The first kappa shape index (κ1) is 19.1. The Bertz CT molecular complexity index is 1000. The second-order valence-electron chi connectivity index (χ2n) is 7.29. The lowest BCUT2D eigenvalue weighted by Gasteiger charge is -2.22. The number of nitrogens with zero attached hydrogens (tertiary/aromatic N) is 2. The van der Waals surface area contributed by atoms with Gasteiger partial charge in [0.05, 0.1) is 0 Å². The third kappa shape index (κ3) is 4.96. The number of aromatic nitrogens is 2. The molecule has 5 nitrogen and oxygen atoms in total. The van der Waals surface area contributed by atoms with Crippen molar-refractivity contribution in [2.75, 3.05) is 5.32 Å². The first-order chi connectivity index (χ1) is 14.2. The number of rotatable bonds is 5. The molecule has 0 aliphatic heterocycles. The molecule has 3 aromatic rings. The Morgan fingerprint density at radius 2 is 1.83 bits per heavy atom. The molecule has 4 rings (SSSR count). The fourth-order valence-electron chi connectivity index (χ4n) is 3.60. The van der Waals surface area contributed by atoms with Crippen molar-refractivity contribution in [1.82, 2.24) is 15.3 Å². The number of carbonyl (C=O) groups is 1. The minimum atomic E-state index is -0.332. The molecule has 1 heterocycles. The highest BCUT2D eigenvalue weighted by Gasteiger charge is 2.16. The van der Waals surface area contributed by atoms with Crippen LogP contribution in [0, 0.1) is 5.82 Å². The molecule has 29 heavy (non-hydrogen) atoms. The van der Waals surface area contributed by atoms with E-state index in [1.165, 1.54) is 31.4 Å². The molecular formula is C23H23FN4O. The number of amides is 1. The van der Waals surface area contributed by atoms with Crippen LogP contribution < -0.4 is 10.6 Å². The maximum Gasteiger partial charge on any atom is 0.251 e. The summed E-state index contributed by atoms with van der Waals surface area (Å²) in [6.45, 7) is 0. The predicted molar refractivity (Wildman–Crippen MR) is 111 cm³/mol. The number of carbonyl (C=O) groups excluding carboxylic acids is 1. The minimum Gasteiger partial charge on any atom is -0.349 e. The lowest BCUT2D eigenvalue weighted by molar-refractivity contribution is 0.0927. The molecule has 0 saturated heterocycles. The molecule has 148 valence electrons. The molecule has 1 aliphatic rings. The number of hydrogen-bond acceptors (Lipinski definition) is 4. The Balaban J connectivity index is 1.48. The van der Waals surface area contributed by atoms with Gasteiger partial charge in [-0.3, -0.25) is 4.79 Å². The lowest BCUT2D eigenvalue weighted by atomic mass is 9.95. The van der Waals surface area contributed by atoms with E-state index in [9.17, 15) is 9.18 Å². The first-order valence-electron chi connectivity index (χ1n) is 9.94. The van der Waals surface area contributed by atoms with Gasteiger partial charge in [-0.1, -0.05) is 37.5 Å². The molecule has 0 bridgehead atoms. The van der Waals surface area contributed by atoms with Gasteiger partial charge in [0.2, 0.25) is 0 Å². The van der Waals surface area contributed by atoms with Crippen molar-refractivity contribution in [2.45, 2.75) is 38.1 Å². The van der Waals surface area contributed by atoms with Gasteiger partial charge in [-0.25, -0.2) is 14.4 Å². The summed E-state index contributed by atoms with van der Waals surface area (Å²) in [6.07, 6.45) is 7.32. The Kier molecular flexibility index (Phi) is 5.79. The van der Waals surface area contributed by atoms with Crippen molar-refractivity contribution < 1.29 is 9.18 Å². The molecule has 0 atom stereocenters. The van der Waals surface area contributed by atoms with Crippen molar-refractivity contribution in [3.8, 4) is 11.4 Å². The standard InChI is InChI=1S/C23H23FN4O/c24-18-8-4-6-16(14-18)22-25-13-12-21(28-22)26-20-11-5-7-17(15-20)23(29)27-19-9-2-1-3-10-19/h4-8,11-15,19H,1-3,9-10H2,(H,27,29)(H,25,26,28). The van der Waals surface area contributed by atoms with E-state index in [4.69, 9.17) is 0 Å². The summed E-state index contributed by atoms with van der Waals surface area (Å²) >= 11 is 0. The van der Waals surface area contributed by atoms with Gasteiger partial charge in [-0.15, -0.1) is 0 Å². The van der Waals surface area contributed by atoms with Crippen LogP contribution in [-0.2, 0) is 0 Å². The maximum atomic E-state index is 13.5. The molecule has 2 aromatic carbocycles. The highest BCUT2D eigenvalue weighted by Crippen LogP contribution is 2.21. The molecule has 0 radical (unpaired) electrons. The van der Waals surface area contributed by atoms with Gasteiger partial charge in [0.15, 0.2) is 5.82 Å². The number of halogens is 1. The number of nitrogens with one attached hydrogen (secondary N) is 2. The molecule has 1 amide bonds. The van der Waals surface area contributed by atoms with Crippen LogP contribution in [0.4, 0.5) is 15.9 Å². The molecule has 0 unspecified atom stereocenters. The van der Waals surface area contributed by atoms with E-state index in [0.717, 1.165) is 18.5 Å². The predicted octanol–water partition coefficient (Wildman–Crippen LogP) is 5.09. The number of anilines is 2. The summed E-state index contributed by atoms with van der Waals surface area (Å²) in [5.41, 5.74) is 1.97. The maximum absolute atomic E-state index is 13.5. The lowest BCUT2D eigenvalue weighted by Crippen LogP contribution is -2.36. The zero-order valence-corrected chi connectivity index (χ0v) is 16.1. The summed E-state index contributed by atoms with van der Waals surface area (Å²) in [7, 11) is 0. The number of hydrogen-bond donors (Lipinski definition) is 2. The van der Waals surface area contributed by atoms with E-state index >= 15 is 0 Å². The summed E-state index contributed by atoms with van der Waals surface area (Å²) in [5, 5.41) is 6.34. The summed E-state index contributed by atoms with van der Waals surface area (Å²) in [5.74, 6) is 0.620. The molecule has 0 spiro atoms. The van der Waals surface area contributed by atoms with Crippen molar-refractivity contribution in [3.05, 3.63) is 72.2 Å². The van der Waals surface area contributed by atoms with Gasteiger partial charge in [0.1, 0.15) is 11.6 Å². The van der Waals surface area contributed by atoms with Crippen molar-refractivity contribution in [2.24, 2.45) is 0 Å². The average Bonchev–Trinajstić information content (AvgIpc) is 2.75. The Labute approximate surface area is 169 Å². The molecule has 1 aliphatic carbocycles. The monoisotopic (exact) mass is 390 g/mol. The van der Waals surface area contributed by atoms with Gasteiger partial charge in [0, 0.05) is 29.1 Å². The van der Waals surface area contributed by atoms with Crippen LogP contribution in [0.3, 0.4) is 0 Å². The zero-order chi connectivity index (χ0) is 20.1. The van der Waals surface area contributed by atoms with Crippen LogP contribution in [0.5, 0.6) is 0 Å². The fraction of sp³-hybridized carbons (Fsp3) is 0.261. The summed E-state index contributed by atoms with van der Waals surface area (Å²) < 4.78 is 13.5. The SMILES string of the molecule is O=C(NC1CCCCC1)c1cccc(Nc2ccnc(-c3cccc(F)c3)n2)c1. The number of benzene rings is 2. The minimum absolute atomic E-state index is 0.0521. The third-order valence-electron chi connectivity index (χ3n) is 5.08. The summed E-state index contributed by atoms with van der Waals surface area (Å²) in [4.78, 5) is 21.3. The topological polar surface area (TPSA) is 66.9 Å². The first-order valence-corrected chi connectivity index (χ1v) is 9.94. The largest absolute Gasteiger partial charge is 0.349 e. The molecule has 1 saturated carbocycles. The Morgan fingerprint density at radius 3 is 2.66 bits per heavy atom. The summed E-state index contributed by atoms with van der Waals surface area (Å²) in [6, 6.07) is 15.5. The average molecular weight is 390 g/mol. The van der Waals surface area contributed by atoms with Gasteiger partial charge >= 0.3 is 0 Å². The third-order valence-corrected chi connectivity index (χ3v) is 5.08. The molecular weight excluding hydrogens is 367 g/mol. The van der Waals surface area contributed by atoms with Crippen LogP contribution >= 0.6 is 0 Å². The van der Waals surface area contributed by atoms with Crippen LogP contribution in [0.15, 0.2) is 60.8 Å². The fourth-order valence-corrected chi connectivity index (χ4v) is 3.60. The van der Waals surface area contributed by atoms with E-state index in [0.29, 0.717) is 22.8 Å². The Hall–Kier alpha value is -3.28. The van der Waals surface area contributed by atoms with Crippen molar-refractivity contribution in [3.63, 3.8) is 0 Å². The van der Waals surface area contributed by atoms with Gasteiger partial charge in [-0.2, -0.15) is 0 Å². The molecule has 2 N–H and O–H groups in total. The Morgan fingerprint density at radius 1 is 1.00 bits per heavy atom. The van der Waals surface area contributed by atoms with Crippen molar-refractivity contribution >= 4 is 17.4 Å². The van der Waals surface area contributed by atoms with Crippen molar-refractivity contribution in [1.29, 1.82) is 0 Å². The second-order valence-corrected chi connectivity index (χ2v) is 7.29. The van der Waals surface area contributed by atoms with E-state index in [1.54, 1.807) is 24.4 Å². The smallest absolute Gasteiger partial charge is 0.251 e. The van der Waals surface area contributed by atoms with Crippen LogP contribution in [0.25, 0.3) is 11.4 Å². The molecule has 6 heteroatoms. The highest BCUT2D eigenvalue weighted by atomic mass is 19.1. The van der Waals surface area contributed by atoms with E-state index in [2.05, 4.69) is 20.6 Å². The van der Waals surface area contributed by atoms with Gasteiger partial charge < -0.3 is 10.6 Å². The highest BCUT2D eigenvalue weighted by molar-refractivity contribution is 5.95. The van der Waals surface area contributed by atoms with Crippen LogP contribution in [0.1, 0.15) is 42.5 Å². The van der Waals surface area contributed by atoms with Gasteiger partial charge in [-0.05, 0) is 49.2 Å².